The topological polar surface area (TPSA) is 3.88 Å². The molecule has 0 fully saturated rings. The van der Waals surface area contributed by atoms with Crippen molar-refractivity contribution in [3.05, 3.63) is 47.2 Å². The van der Waals surface area contributed by atoms with Crippen molar-refractivity contribution in [2.24, 2.45) is 13.0 Å². The standard InChI is InChI=1S/C25H40NSi/c1-10-21(11-2)23-16-24(26(6)17-25(23)27(7,8)9)22-13-12-20(14-18(3)4)15-19(22)5/h12-13,15-18,21H,10-11,14H2,1-9H3/q+1. The van der Waals surface area contributed by atoms with E-state index < -0.39 is 8.07 Å². The van der Waals surface area contributed by atoms with E-state index in [1.165, 1.54) is 35.2 Å². The van der Waals surface area contributed by atoms with Crippen LogP contribution < -0.4 is 9.75 Å². The molecule has 0 amide bonds. The van der Waals surface area contributed by atoms with Crippen LogP contribution in [0, 0.1) is 12.8 Å². The largest absolute Gasteiger partial charge is 0.212 e. The van der Waals surface area contributed by atoms with Crippen LogP contribution in [0.2, 0.25) is 19.6 Å². The van der Waals surface area contributed by atoms with E-state index in [1.54, 1.807) is 10.8 Å². The van der Waals surface area contributed by atoms with Crippen molar-refractivity contribution in [2.45, 2.75) is 79.4 Å². The predicted molar refractivity (Wildman–Crippen MR) is 123 cm³/mol. The van der Waals surface area contributed by atoms with Crippen molar-refractivity contribution in [3.8, 4) is 11.3 Å². The molecule has 1 aromatic carbocycles. The predicted octanol–water partition coefficient (Wildman–Crippen LogP) is 6.13. The Bertz CT molecular complexity index is 780. The molecular weight excluding hydrogens is 342 g/mol. The molecule has 0 aliphatic rings. The summed E-state index contributed by atoms with van der Waals surface area (Å²) in [6, 6.07) is 9.56. The first kappa shape index (κ1) is 21.9. The number of nitrogens with zero attached hydrogens (tertiary/aromatic N) is 1. The molecule has 2 heteroatoms. The summed E-state index contributed by atoms with van der Waals surface area (Å²) in [5, 5.41) is 1.62. The van der Waals surface area contributed by atoms with Crippen LogP contribution in [0.15, 0.2) is 30.5 Å². The summed E-state index contributed by atoms with van der Waals surface area (Å²) >= 11 is 0. The highest BCUT2D eigenvalue weighted by Crippen LogP contribution is 2.28. The van der Waals surface area contributed by atoms with Crippen LogP contribution in [-0.4, -0.2) is 8.07 Å². The molecule has 0 radical (unpaired) electrons. The second-order valence-electron chi connectivity index (χ2n) is 9.65. The lowest BCUT2D eigenvalue weighted by Gasteiger charge is -2.24. The maximum absolute atomic E-state index is 2.51. The maximum Gasteiger partial charge on any atom is 0.212 e. The van der Waals surface area contributed by atoms with Gasteiger partial charge < -0.3 is 0 Å². The Morgan fingerprint density at radius 1 is 1.00 bits per heavy atom. The Labute approximate surface area is 168 Å². The third kappa shape index (κ3) is 5.10. The second-order valence-corrected chi connectivity index (χ2v) is 14.7. The quantitative estimate of drug-likeness (QED) is 0.400. The van der Waals surface area contributed by atoms with E-state index in [9.17, 15) is 0 Å². The summed E-state index contributed by atoms with van der Waals surface area (Å²) in [5.74, 6) is 1.36. The Kier molecular flexibility index (Phi) is 7.07. The van der Waals surface area contributed by atoms with Crippen LogP contribution in [0.3, 0.4) is 0 Å². The lowest BCUT2D eigenvalue weighted by Crippen LogP contribution is -2.47. The number of hydrogen-bond donors (Lipinski definition) is 0. The minimum absolute atomic E-state index is 0.659. The van der Waals surface area contributed by atoms with Gasteiger partial charge in [0.15, 0.2) is 6.20 Å². The van der Waals surface area contributed by atoms with Gasteiger partial charge in [-0.25, -0.2) is 4.57 Å². The first-order valence-electron chi connectivity index (χ1n) is 10.7. The Morgan fingerprint density at radius 2 is 1.63 bits per heavy atom. The highest BCUT2D eigenvalue weighted by atomic mass is 28.3. The normalized spacial score (nSPS) is 12.3. The number of hydrogen-bond acceptors (Lipinski definition) is 0. The molecule has 0 N–H and O–H groups in total. The Hall–Kier alpha value is -1.41. The SMILES string of the molecule is CCC(CC)c1cc(-c2ccc(CC(C)C)cc2C)[n+](C)cc1[Si](C)(C)C. The molecule has 0 saturated heterocycles. The zero-order valence-electron chi connectivity index (χ0n) is 19.1. The molecule has 0 unspecified atom stereocenters. The van der Waals surface area contributed by atoms with Gasteiger partial charge in [0.05, 0.1) is 8.07 Å². The fraction of sp³-hybridized carbons (Fsp3) is 0.560. The van der Waals surface area contributed by atoms with Crippen molar-refractivity contribution in [1.82, 2.24) is 0 Å². The van der Waals surface area contributed by atoms with Crippen LogP contribution in [0.4, 0.5) is 0 Å². The van der Waals surface area contributed by atoms with Crippen LogP contribution >= 0.6 is 0 Å². The van der Waals surface area contributed by atoms with Gasteiger partial charge in [-0.3, -0.25) is 0 Å². The maximum atomic E-state index is 2.51. The van der Waals surface area contributed by atoms with E-state index in [0.717, 1.165) is 6.42 Å². The highest BCUT2D eigenvalue weighted by Gasteiger charge is 2.28. The van der Waals surface area contributed by atoms with E-state index in [0.29, 0.717) is 11.8 Å². The van der Waals surface area contributed by atoms with Gasteiger partial charge in [-0.05, 0) is 60.8 Å². The number of aromatic nitrogens is 1. The van der Waals surface area contributed by atoms with E-state index in [-0.39, 0.29) is 0 Å². The van der Waals surface area contributed by atoms with Crippen LogP contribution in [0.1, 0.15) is 63.1 Å². The van der Waals surface area contributed by atoms with E-state index in [4.69, 9.17) is 0 Å². The molecule has 1 aromatic heterocycles. The van der Waals surface area contributed by atoms with Crippen LogP contribution in [0.25, 0.3) is 11.3 Å². The van der Waals surface area contributed by atoms with Crippen LogP contribution in [0.5, 0.6) is 0 Å². The Balaban J connectivity index is 2.62. The molecule has 1 nitrogen and oxygen atoms in total. The smallest absolute Gasteiger partial charge is 0.201 e. The van der Waals surface area contributed by atoms with Crippen molar-refractivity contribution < 1.29 is 4.57 Å². The molecule has 0 bridgehead atoms. The number of rotatable bonds is 7. The Morgan fingerprint density at radius 3 is 2.11 bits per heavy atom. The fourth-order valence-electron chi connectivity index (χ4n) is 4.24. The van der Waals surface area contributed by atoms with Crippen molar-refractivity contribution in [1.29, 1.82) is 0 Å². The van der Waals surface area contributed by atoms with Gasteiger partial charge in [0, 0.05) is 16.8 Å². The van der Waals surface area contributed by atoms with Gasteiger partial charge in [0.2, 0.25) is 5.69 Å². The molecule has 0 atom stereocenters. The van der Waals surface area contributed by atoms with Crippen molar-refractivity contribution in [2.75, 3.05) is 0 Å². The number of aryl methyl sites for hydroxylation is 2. The summed E-state index contributed by atoms with van der Waals surface area (Å²) in [5.41, 5.74) is 7.16. The molecule has 2 rings (SSSR count). The molecule has 0 spiro atoms. The molecular formula is C25H40NSi+. The van der Waals surface area contributed by atoms with Crippen molar-refractivity contribution >= 4 is 13.3 Å². The summed E-state index contributed by atoms with van der Waals surface area (Å²) < 4.78 is 2.36. The van der Waals surface area contributed by atoms with Gasteiger partial charge >= 0.3 is 0 Å². The molecule has 1 heterocycles. The monoisotopic (exact) mass is 382 g/mol. The zero-order chi connectivity index (χ0) is 20.4. The molecule has 148 valence electrons. The molecule has 27 heavy (non-hydrogen) atoms. The lowest BCUT2D eigenvalue weighted by molar-refractivity contribution is -0.659. The van der Waals surface area contributed by atoms with Crippen molar-refractivity contribution in [3.63, 3.8) is 0 Å². The second kappa shape index (κ2) is 8.73. The summed E-state index contributed by atoms with van der Waals surface area (Å²) in [4.78, 5) is 0. The molecule has 0 saturated carbocycles. The van der Waals surface area contributed by atoms with Gasteiger partial charge in [-0.15, -0.1) is 0 Å². The molecule has 0 aliphatic heterocycles. The summed E-state index contributed by atoms with van der Waals surface area (Å²) in [6.45, 7) is 18.9. The highest BCUT2D eigenvalue weighted by molar-refractivity contribution is 6.89. The average molecular weight is 383 g/mol. The third-order valence-corrected chi connectivity index (χ3v) is 7.78. The van der Waals surface area contributed by atoms with E-state index in [1.807, 2.05) is 0 Å². The van der Waals surface area contributed by atoms with E-state index in [2.05, 4.69) is 96.3 Å². The minimum atomic E-state index is -1.39. The van der Waals surface area contributed by atoms with E-state index >= 15 is 0 Å². The first-order valence-corrected chi connectivity index (χ1v) is 14.2. The first-order chi connectivity index (χ1) is 12.6. The lowest BCUT2D eigenvalue weighted by atomic mass is 9.91. The summed E-state index contributed by atoms with van der Waals surface area (Å²) in [7, 11) is 0.829. The number of pyridine rings is 1. The van der Waals surface area contributed by atoms with Crippen LogP contribution in [-0.2, 0) is 13.5 Å². The molecule has 0 aliphatic carbocycles. The fourth-order valence-corrected chi connectivity index (χ4v) is 5.96. The van der Waals surface area contributed by atoms with Gasteiger partial charge in [0.25, 0.3) is 0 Å². The summed E-state index contributed by atoms with van der Waals surface area (Å²) in [6.07, 6.45) is 6.03. The van der Waals surface area contributed by atoms with Gasteiger partial charge in [-0.1, -0.05) is 59.5 Å². The minimum Gasteiger partial charge on any atom is -0.201 e. The van der Waals surface area contributed by atoms with Gasteiger partial charge in [-0.2, -0.15) is 0 Å². The van der Waals surface area contributed by atoms with Gasteiger partial charge in [0.1, 0.15) is 7.05 Å². The average Bonchev–Trinajstić information content (AvgIpc) is 2.56. The number of benzene rings is 1. The zero-order valence-corrected chi connectivity index (χ0v) is 20.1. The molecule has 2 aromatic rings. The third-order valence-electron chi connectivity index (χ3n) is 5.75.